The maximum atomic E-state index is 13.7. The minimum absolute atomic E-state index is 0.0581. The van der Waals surface area contributed by atoms with E-state index in [-0.39, 0.29) is 11.5 Å². The lowest BCUT2D eigenvalue weighted by Crippen LogP contribution is -2.31. The number of methoxy groups -OCH3 is 1. The second-order valence-electron chi connectivity index (χ2n) is 8.71. The van der Waals surface area contributed by atoms with Crippen molar-refractivity contribution in [3.8, 4) is 11.8 Å². The summed E-state index contributed by atoms with van der Waals surface area (Å²) in [6.07, 6.45) is 0. The third-order valence-corrected chi connectivity index (χ3v) is 7.55. The number of hydrogen-bond donors (Lipinski definition) is 2. The van der Waals surface area contributed by atoms with Crippen molar-refractivity contribution < 1.29 is 14.3 Å². The van der Waals surface area contributed by atoms with Crippen LogP contribution in [0.15, 0.2) is 94.7 Å². The molecule has 0 fully saturated rings. The van der Waals surface area contributed by atoms with Crippen molar-refractivity contribution >= 4 is 40.7 Å². The van der Waals surface area contributed by atoms with E-state index in [1.807, 2.05) is 31.2 Å². The van der Waals surface area contributed by atoms with E-state index < -0.39 is 11.8 Å². The number of thioether (sulfide) groups is 1. The van der Waals surface area contributed by atoms with Crippen LogP contribution in [0.1, 0.15) is 34.3 Å². The van der Waals surface area contributed by atoms with Gasteiger partial charge in [-0.1, -0.05) is 83.5 Å². The Morgan fingerprint density at radius 1 is 1.05 bits per heavy atom. The minimum Gasteiger partial charge on any atom is -0.495 e. The number of amides is 1. The number of nitriles is 1. The highest BCUT2D eigenvalue weighted by Gasteiger charge is 2.36. The van der Waals surface area contributed by atoms with Gasteiger partial charge in [-0.3, -0.25) is 9.59 Å². The Hall–Kier alpha value is -3.99. The molecule has 3 aromatic rings. The number of aryl methyl sites for hydroxylation is 1. The van der Waals surface area contributed by atoms with E-state index >= 15 is 0 Å². The van der Waals surface area contributed by atoms with Crippen LogP contribution in [0.3, 0.4) is 0 Å². The largest absolute Gasteiger partial charge is 0.495 e. The van der Waals surface area contributed by atoms with Gasteiger partial charge in [0.15, 0.2) is 5.78 Å². The highest BCUT2D eigenvalue weighted by Crippen LogP contribution is 2.43. The molecule has 6 nitrogen and oxygen atoms in total. The number of allylic oxidation sites excluding steroid dienone is 2. The summed E-state index contributed by atoms with van der Waals surface area (Å²) in [4.78, 5) is 26.5. The van der Waals surface area contributed by atoms with Gasteiger partial charge in [-0.15, -0.1) is 0 Å². The average Bonchev–Trinajstić information content (AvgIpc) is 2.92. The van der Waals surface area contributed by atoms with Crippen molar-refractivity contribution in [3.05, 3.63) is 116 Å². The van der Waals surface area contributed by atoms with Gasteiger partial charge in [0.25, 0.3) is 5.91 Å². The summed E-state index contributed by atoms with van der Waals surface area (Å²) in [5, 5.41) is 17.4. The smallest absolute Gasteiger partial charge is 0.254 e. The Kier molecular flexibility index (Phi) is 8.57. The zero-order valence-corrected chi connectivity index (χ0v) is 22.7. The van der Waals surface area contributed by atoms with E-state index in [4.69, 9.17) is 16.3 Å². The number of halogens is 1. The summed E-state index contributed by atoms with van der Waals surface area (Å²) in [5.74, 6) is -0.545. The lowest BCUT2D eigenvalue weighted by atomic mass is 9.82. The highest BCUT2D eigenvalue weighted by molar-refractivity contribution is 8.03. The van der Waals surface area contributed by atoms with Gasteiger partial charge in [0.05, 0.1) is 41.1 Å². The number of benzene rings is 3. The number of nitrogens with one attached hydrogen (secondary N) is 2. The number of rotatable bonds is 8. The molecule has 0 saturated heterocycles. The number of carbonyl (C=O) groups excluding carboxylic acids is 2. The number of Topliss-reactive ketones (excluding diaryl/α,β-unsaturated/α-hetero) is 1. The van der Waals surface area contributed by atoms with Crippen LogP contribution in [-0.4, -0.2) is 24.6 Å². The second kappa shape index (κ2) is 12.0. The van der Waals surface area contributed by atoms with Crippen molar-refractivity contribution in [1.82, 2.24) is 5.32 Å². The molecule has 0 radical (unpaired) electrons. The molecule has 0 aliphatic carbocycles. The van der Waals surface area contributed by atoms with Gasteiger partial charge >= 0.3 is 0 Å². The first-order valence-electron chi connectivity index (χ1n) is 11.9. The second-order valence-corrected chi connectivity index (χ2v) is 10.1. The number of nitrogens with zero attached hydrogens (tertiary/aromatic N) is 1. The molecule has 1 atom stereocenters. The van der Waals surface area contributed by atoms with Crippen LogP contribution in [-0.2, 0) is 4.79 Å². The summed E-state index contributed by atoms with van der Waals surface area (Å²) in [7, 11) is 1.53. The Labute approximate surface area is 231 Å². The van der Waals surface area contributed by atoms with E-state index in [1.54, 1.807) is 55.5 Å². The maximum Gasteiger partial charge on any atom is 0.254 e. The molecular weight excluding hydrogens is 518 g/mol. The predicted molar refractivity (Wildman–Crippen MR) is 152 cm³/mol. The Morgan fingerprint density at radius 3 is 2.42 bits per heavy atom. The molecule has 0 bridgehead atoms. The van der Waals surface area contributed by atoms with Crippen LogP contribution in [0.2, 0.25) is 5.02 Å². The van der Waals surface area contributed by atoms with Gasteiger partial charge in [-0.05, 0) is 37.6 Å². The number of ether oxygens (including phenoxy) is 1. The molecule has 0 aromatic heterocycles. The number of anilines is 1. The lowest BCUT2D eigenvalue weighted by molar-refractivity contribution is -0.113. The quantitative estimate of drug-likeness (QED) is 0.311. The summed E-state index contributed by atoms with van der Waals surface area (Å²) in [5.41, 5.74) is 4.03. The number of ketones is 1. The number of carbonyl (C=O) groups is 2. The summed E-state index contributed by atoms with van der Waals surface area (Å²) in [6.45, 7) is 3.74. The van der Waals surface area contributed by atoms with Crippen LogP contribution < -0.4 is 15.4 Å². The number of para-hydroxylation sites is 2. The van der Waals surface area contributed by atoms with Gasteiger partial charge in [0, 0.05) is 21.9 Å². The summed E-state index contributed by atoms with van der Waals surface area (Å²) >= 11 is 7.82. The molecule has 1 aliphatic rings. The highest BCUT2D eigenvalue weighted by atomic mass is 35.5. The molecule has 38 heavy (non-hydrogen) atoms. The first-order valence-corrected chi connectivity index (χ1v) is 13.2. The summed E-state index contributed by atoms with van der Waals surface area (Å²) in [6, 6.07) is 23.9. The van der Waals surface area contributed by atoms with E-state index in [2.05, 4.69) is 16.7 Å². The normalized spacial score (nSPS) is 15.0. The topological polar surface area (TPSA) is 91.2 Å². The molecule has 192 valence electrons. The summed E-state index contributed by atoms with van der Waals surface area (Å²) < 4.78 is 5.38. The molecule has 3 aromatic carbocycles. The number of hydrogen-bond acceptors (Lipinski definition) is 6. The van der Waals surface area contributed by atoms with Gasteiger partial charge in [0.2, 0.25) is 0 Å². The van der Waals surface area contributed by atoms with E-state index in [1.165, 1.54) is 18.9 Å². The van der Waals surface area contributed by atoms with Crippen LogP contribution in [0.25, 0.3) is 0 Å². The van der Waals surface area contributed by atoms with Crippen molar-refractivity contribution in [3.63, 3.8) is 0 Å². The third-order valence-electron chi connectivity index (χ3n) is 6.18. The molecule has 1 heterocycles. The van der Waals surface area contributed by atoms with E-state index in [0.29, 0.717) is 49.5 Å². The fraction of sp³-hybridized carbons (Fsp3) is 0.167. The van der Waals surface area contributed by atoms with Crippen LogP contribution in [0.4, 0.5) is 5.69 Å². The molecular formula is C30H26ClN3O3S. The van der Waals surface area contributed by atoms with Gasteiger partial charge in [-0.2, -0.15) is 5.26 Å². The van der Waals surface area contributed by atoms with E-state index in [9.17, 15) is 14.9 Å². The zero-order chi connectivity index (χ0) is 27.2. The molecule has 8 heteroatoms. The Balaban J connectivity index is 1.70. The first kappa shape index (κ1) is 27.1. The van der Waals surface area contributed by atoms with Gasteiger partial charge in [0.1, 0.15) is 5.75 Å². The molecule has 0 spiro atoms. The molecule has 1 aliphatic heterocycles. The number of dihydropyridines is 1. The maximum absolute atomic E-state index is 13.7. The van der Waals surface area contributed by atoms with Crippen LogP contribution in [0, 0.1) is 18.3 Å². The monoisotopic (exact) mass is 543 g/mol. The molecule has 2 N–H and O–H groups in total. The first-order chi connectivity index (χ1) is 18.3. The predicted octanol–water partition coefficient (Wildman–Crippen LogP) is 6.61. The van der Waals surface area contributed by atoms with Crippen LogP contribution >= 0.6 is 23.4 Å². The fourth-order valence-electron chi connectivity index (χ4n) is 4.25. The van der Waals surface area contributed by atoms with Crippen molar-refractivity contribution in [1.29, 1.82) is 5.26 Å². The van der Waals surface area contributed by atoms with Gasteiger partial charge < -0.3 is 15.4 Å². The van der Waals surface area contributed by atoms with Crippen LogP contribution in [0.5, 0.6) is 5.75 Å². The standard InChI is InChI=1S/C30H26ClN3O3S/c1-18-12-14-20(15-13-18)25(35)17-38-30-22(16-32)28(21-8-4-5-9-23(21)31)27(19(2)33-30)29(36)34-24-10-6-7-11-26(24)37-3/h4-15,28,33H,17H2,1-3H3,(H,34,36)/t28-/m0/s1. The average molecular weight is 544 g/mol. The lowest BCUT2D eigenvalue weighted by Gasteiger charge is -2.30. The SMILES string of the molecule is COc1ccccc1NC(=O)C1=C(C)NC(SCC(=O)c2ccc(C)cc2)=C(C#N)[C@@H]1c1ccccc1Cl. The molecule has 4 rings (SSSR count). The zero-order valence-electron chi connectivity index (χ0n) is 21.2. The molecule has 0 saturated carbocycles. The Bertz CT molecular complexity index is 1490. The van der Waals surface area contributed by atoms with Gasteiger partial charge in [-0.25, -0.2) is 0 Å². The molecule has 1 amide bonds. The Morgan fingerprint density at radius 2 is 1.74 bits per heavy atom. The van der Waals surface area contributed by atoms with Crippen molar-refractivity contribution in [2.75, 3.05) is 18.2 Å². The minimum atomic E-state index is -0.735. The fourth-order valence-corrected chi connectivity index (χ4v) is 5.48. The van der Waals surface area contributed by atoms with E-state index in [0.717, 1.165) is 5.56 Å². The van der Waals surface area contributed by atoms with Crippen molar-refractivity contribution in [2.45, 2.75) is 19.8 Å². The molecule has 0 unspecified atom stereocenters. The van der Waals surface area contributed by atoms with Crippen molar-refractivity contribution in [2.24, 2.45) is 0 Å². The third kappa shape index (κ3) is 5.77.